The number of rotatable bonds is 3. The molecule has 0 aromatic rings. The van der Waals surface area contributed by atoms with Gasteiger partial charge in [-0.25, -0.2) is 0 Å². The van der Waals surface area contributed by atoms with Crippen LogP contribution in [0.5, 0.6) is 0 Å². The lowest BCUT2D eigenvalue weighted by atomic mass is 10.3. The van der Waals surface area contributed by atoms with Crippen molar-refractivity contribution in [3.05, 3.63) is 12.3 Å². The molecule has 0 aromatic heterocycles. The standard InChI is InChI=1S/C8H12O4/c1-5(11-7(3)9)6(2)12-8(4)10/h6H,1H2,2-4H3. The second kappa shape index (κ2) is 4.54. The highest BCUT2D eigenvalue weighted by molar-refractivity contribution is 5.68. The lowest BCUT2D eigenvalue weighted by molar-refractivity contribution is -0.149. The summed E-state index contributed by atoms with van der Waals surface area (Å²) in [4.78, 5) is 20.9. The minimum absolute atomic E-state index is 0.137. The Labute approximate surface area is 71.2 Å². The summed E-state index contributed by atoms with van der Waals surface area (Å²) in [6.07, 6.45) is -0.591. The second-order valence-corrected chi connectivity index (χ2v) is 2.31. The third-order valence-corrected chi connectivity index (χ3v) is 1.07. The van der Waals surface area contributed by atoms with Crippen LogP contribution in [0.1, 0.15) is 20.8 Å². The van der Waals surface area contributed by atoms with Gasteiger partial charge in [-0.3, -0.25) is 9.59 Å². The number of hydrogen-bond donors (Lipinski definition) is 0. The fraction of sp³-hybridized carbons (Fsp3) is 0.500. The van der Waals surface area contributed by atoms with E-state index >= 15 is 0 Å². The zero-order chi connectivity index (χ0) is 9.72. The van der Waals surface area contributed by atoms with Crippen LogP contribution in [-0.4, -0.2) is 18.0 Å². The van der Waals surface area contributed by atoms with Gasteiger partial charge in [0.1, 0.15) is 5.76 Å². The van der Waals surface area contributed by atoms with Crippen molar-refractivity contribution < 1.29 is 19.1 Å². The van der Waals surface area contributed by atoms with Gasteiger partial charge in [0.05, 0.1) is 0 Å². The van der Waals surface area contributed by atoms with E-state index < -0.39 is 18.0 Å². The van der Waals surface area contributed by atoms with E-state index in [1.165, 1.54) is 13.8 Å². The summed E-state index contributed by atoms with van der Waals surface area (Å²) in [5.74, 6) is -0.771. The molecule has 0 amide bonds. The maximum Gasteiger partial charge on any atom is 0.307 e. The van der Waals surface area contributed by atoms with Crippen LogP contribution >= 0.6 is 0 Å². The SMILES string of the molecule is C=C(OC(C)=O)C(C)OC(C)=O. The van der Waals surface area contributed by atoms with Crippen LogP contribution in [0.4, 0.5) is 0 Å². The van der Waals surface area contributed by atoms with Gasteiger partial charge >= 0.3 is 11.9 Å². The predicted octanol–water partition coefficient (Wildman–Crippen LogP) is 1.01. The Morgan fingerprint density at radius 1 is 1.25 bits per heavy atom. The minimum atomic E-state index is -0.591. The molecule has 0 radical (unpaired) electrons. The molecule has 0 bridgehead atoms. The highest BCUT2D eigenvalue weighted by Gasteiger charge is 2.12. The van der Waals surface area contributed by atoms with Gasteiger partial charge in [0.25, 0.3) is 0 Å². The van der Waals surface area contributed by atoms with E-state index in [0.29, 0.717) is 0 Å². The number of esters is 2. The molecule has 0 saturated heterocycles. The van der Waals surface area contributed by atoms with Gasteiger partial charge in [0.15, 0.2) is 6.10 Å². The summed E-state index contributed by atoms with van der Waals surface area (Å²) >= 11 is 0. The Bertz CT molecular complexity index is 207. The zero-order valence-corrected chi connectivity index (χ0v) is 7.42. The molecule has 1 unspecified atom stereocenters. The molecule has 0 saturated carbocycles. The van der Waals surface area contributed by atoms with E-state index in [-0.39, 0.29) is 5.76 Å². The van der Waals surface area contributed by atoms with Crippen molar-refractivity contribution in [2.45, 2.75) is 26.9 Å². The fourth-order valence-electron chi connectivity index (χ4n) is 0.582. The number of carbonyl (C=O) groups is 2. The van der Waals surface area contributed by atoms with Gasteiger partial charge in [0, 0.05) is 13.8 Å². The molecular formula is C8H12O4. The molecule has 0 N–H and O–H groups in total. The quantitative estimate of drug-likeness (QED) is 0.471. The predicted molar refractivity (Wildman–Crippen MR) is 42.1 cm³/mol. The summed E-state index contributed by atoms with van der Waals surface area (Å²) in [6.45, 7) is 7.53. The van der Waals surface area contributed by atoms with E-state index in [0.717, 1.165) is 0 Å². The van der Waals surface area contributed by atoms with Crippen molar-refractivity contribution in [1.82, 2.24) is 0 Å². The average Bonchev–Trinajstić information content (AvgIpc) is 1.84. The first-order chi connectivity index (χ1) is 5.43. The Morgan fingerprint density at radius 2 is 1.75 bits per heavy atom. The van der Waals surface area contributed by atoms with E-state index in [1.54, 1.807) is 6.92 Å². The number of ether oxygens (including phenoxy) is 2. The molecule has 0 spiro atoms. The first-order valence-electron chi connectivity index (χ1n) is 3.48. The average molecular weight is 172 g/mol. The van der Waals surface area contributed by atoms with E-state index in [4.69, 9.17) is 4.74 Å². The third-order valence-electron chi connectivity index (χ3n) is 1.07. The van der Waals surface area contributed by atoms with Gasteiger partial charge in [-0.1, -0.05) is 6.58 Å². The maximum absolute atomic E-state index is 10.4. The molecule has 0 aliphatic heterocycles. The number of hydrogen-bond acceptors (Lipinski definition) is 4. The van der Waals surface area contributed by atoms with E-state index in [2.05, 4.69) is 11.3 Å². The highest BCUT2D eigenvalue weighted by atomic mass is 16.6. The zero-order valence-electron chi connectivity index (χ0n) is 7.42. The van der Waals surface area contributed by atoms with Gasteiger partial charge < -0.3 is 9.47 Å². The first kappa shape index (κ1) is 10.7. The molecule has 1 atom stereocenters. The van der Waals surface area contributed by atoms with Crippen molar-refractivity contribution in [3.8, 4) is 0 Å². The van der Waals surface area contributed by atoms with Crippen LogP contribution in [-0.2, 0) is 19.1 Å². The topological polar surface area (TPSA) is 52.6 Å². The van der Waals surface area contributed by atoms with Gasteiger partial charge in [-0.2, -0.15) is 0 Å². The summed E-state index contributed by atoms with van der Waals surface area (Å²) < 4.78 is 9.30. The molecule has 4 nitrogen and oxygen atoms in total. The summed E-state index contributed by atoms with van der Waals surface area (Å²) in [5.41, 5.74) is 0. The maximum atomic E-state index is 10.4. The monoisotopic (exact) mass is 172 g/mol. The van der Waals surface area contributed by atoms with Crippen LogP contribution in [0.3, 0.4) is 0 Å². The van der Waals surface area contributed by atoms with Crippen molar-refractivity contribution in [1.29, 1.82) is 0 Å². The molecule has 0 fully saturated rings. The molecule has 0 aliphatic rings. The van der Waals surface area contributed by atoms with Crippen molar-refractivity contribution in [2.75, 3.05) is 0 Å². The minimum Gasteiger partial charge on any atom is -0.455 e. The van der Waals surface area contributed by atoms with Crippen LogP contribution in [0.2, 0.25) is 0 Å². The molecule has 0 rings (SSSR count). The summed E-state index contributed by atoms with van der Waals surface area (Å²) in [5, 5.41) is 0. The normalized spacial score (nSPS) is 11.6. The molecule has 0 aromatic carbocycles. The van der Waals surface area contributed by atoms with Gasteiger partial charge in [-0.05, 0) is 6.92 Å². The van der Waals surface area contributed by atoms with Crippen LogP contribution in [0.15, 0.2) is 12.3 Å². The molecule has 0 heterocycles. The van der Waals surface area contributed by atoms with Crippen LogP contribution < -0.4 is 0 Å². The first-order valence-corrected chi connectivity index (χ1v) is 3.48. The number of carbonyl (C=O) groups excluding carboxylic acids is 2. The van der Waals surface area contributed by atoms with E-state index in [1.807, 2.05) is 0 Å². The fourth-order valence-corrected chi connectivity index (χ4v) is 0.582. The Balaban J connectivity index is 3.93. The highest BCUT2D eigenvalue weighted by Crippen LogP contribution is 2.05. The largest absolute Gasteiger partial charge is 0.455 e. The molecule has 12 heavy (non-hydrogen) atoms. The third kappa shape index (κ3) is 4.49. The second-order valence-electron chi connectivity index (χ2n) is 2.31. The van der Waals surface area contributed by atoms with Crippen molar-refractivity contribution >= 4 is 11.9 Å². The van der Waals surface area contributed by atoms with Crippen LogP contribution in [0, 0.1) is 0 Å². The lowest BCUT2D eigenvalue weighted by Crippen LogP contribution is -2.17. The van der Waals surface area contributed by atoms with Crippen LogP contribution in [0.25, 0.3) is 0 Å². The smallest absolute Gasteiger partial charge is 0.307 e. The summed E-state index contributed by atoms with van der Waals surface area (Å²) in [7, 11) is 0. The van der Waals surface area contributed by atoms with Gasteiger partial charge in [0.2, 0.25) is 0 Å². The molecule has 0 aliphatic carbocycles. The van der Waals surface area contributed by atoms with E-state index in [9.17, 15) is 9.59 Å². The Hall–Kier alpha value is -1.32. The molecular weight excluding hydrogens is 160 g/mol. The summed E-state index contributed by atoms with van der Waals surface area (Å²) in [6, 6.07) is 0. The van der Waals surface area contributed by atoms with Crippen molar-refractivity contribution in [3.63, 3.8) is 0 Å². The van der Waals surface area contributed by atoms with Gasteiger partial charge in [-0.15, -0.1) is 0 Å². The Kier molecular flexibility index (Phi) is 4.04. The Morgan fingerprint density at radius 3 is 2.08 bits per heavy atom. The molecule has 68 valence electrons. The lowest BCUT2D eigenvalue weighted by Gasteiger charge is -2.13. The molecule has 4 heteroatoms. The van der Waals surface area contributed by atoms with Crippen molar-refractivity contribution in [2.24, 2.45) is 0 Å².